The van der Waals surface area contributed by atoms with E-state index in [9.17, 15) is 0 Å². The number of benzene rings is 10. The van der Waals surface area contributed by atoms with E-state index in [1.165, 1.54) is 82.6 Å². The Bertz CT molecular complexity index is 3300. The fourth-order valence-electron chi connectivity index (χ4n) is 9.06. The minimum absolute atomic E-state index is 1.11. The number of anilines is 3. The second kappa shape index (κ2) is 17.2. The molecule has 0 saturated carbocycles. The number of fused-ring (bicyclic) bond motifs is 4. The first-order valence-electron chi connectivity index (χ1n) is 21.8. The van der Waals surface area contributed by atoms with E-state index < -0.39 is 0 Å². The van der Waals surface area contributed by atoms with Gasteiger partial charge in [-0.25, -0.2) is 0 Å². The van der Waals surface area contributed by atoms with Crippen LogP contribution in [0.3, 0.4) is 0 Å². The fourth-order valence-corrected chi connectivity index (χ4v) is 9.06. The number of hydrogen-bond donors (Lipinski definition) is 0. The molecule has 302 valence electrons. The van der Waals surface area contributed by atoms with E-state index in [4.69, 9.17) is 0 Å². The van der Waals surface area contributed by atoms with E-state index in [2.05, 4.69) is 267 Å². The number of para-hydroxylation sites is 2. The van der Waals surface area contributed by atoms with Crippen molar-refractivity contribution in [2.75, 3.05) is 4.90 Å². The lowest BCUT2D eigenvalue weighted by Gasteiger charge is -2.27. The maximum Gasteiger partial charge on any atom is 0.0541 e. The molecule has 63 heavy (non-hydrogen) atoms. The molecule has 0 aliphatic rings. The number of rotatable bonds is 7. The van der Waals surface area contributed by atoms with Crippen molar-refractivity contribution < 1.29 is 0 Å². The van der Waals surface area contributed by atoms with Gasteiger partial charge in [-0.1, -0.05) is 176 Å². The average molecular weight is 809 g/mol. The number of aryl methyl sites for hydroxylation is 3. The SMILES string of the molecule is Cc1cccc2ccccc12.Cc1ccccc1-c1ccc(N(c2ccc(-c3ccccc3)cc2)c2cccc(-c3ccc(-n4c5ccccc5c5ccccc54)cc3)c2)cc1C. The van der Waals surface area contributed by atoms with Crippen LogP contribution in [0.5, 0.6) is 0 Å². The molecule has 1 heterocycles. The van der Waals surface area contributed by atoms with Gasteiger partial charge in [-0.15, -0.1) is 0 Å². The van der Waals surface area contributed by atoms with Crippen LogP contribution in [0, 0.1) is 20.8 Å². The third-order valence-corrected chi connectivity index (χ3v) is 12.3. The monoisotopic (exact) mass is 808 g/mol. The highest BCUT2D eigenvalue weighted by atomic mass is 15.1. The van der Waals surface area contributed by atoms with E-state index in [0.29, 0.717) is 0 Å². The molecule has 0 amide bonds. The third-order valence-electron chi connectivity index (χ3n) is 12.3. The second-order valence-corrected chi connectivity index (χ2v) is 16.3. The summed E-state index contributed by atoms with van der Waals surface area (Å²) in [5.74, 6) is 0. The molecule has 0 unspecified atom stereocenters. The molecule has 0 saturated heterocycles. The first kappa shape index (κ1) is 39.2. The van der Waals surface area contributed by atoms with Crippen molar-refractivity contribution in [1.29, 1.82) is 0 Å². The quantitative estimate of drug-likeness (QED) is 0.156. The van der Waals surface area contributed by atoms with Gasteiger partial charge >= 0.3 is 0 Å². The van der Waals surface area contributed by atoms with Gasteiger partial charge in [0.15, 0.2) is 0 Å². The van der Waals surface area contributed by atoms with Gasteiger partial charge in [0.25, 0.3) is 0 Å². The maximum absolute atomic E-state index is 2.37. The molecule has 0 N–H and O–H groups in total. The maximum atomic E-state index is 2.37. The summed E-state index contributed by atoms with van der Waals surface area (Å²) in [4.78, 5) is 2.37. The van der Waals surface area contributed by atoms with Crippen molar-refractivity contribution in [3.05, 3.63) is 253 Å². The van der Waals surface area contributed by atoms with Gasteiger partial charge in [0, 0.05) is 33.5 Å². The lowest BCUT2D eigenvalue weighted by Crippen LogP contribution is -2.10. The number of hydrogen-bond acceptors (Lipinski definition) is 1. The first-order valence-corrected chi connectivity index (χ1v) is 21.8. The molecule has 2 nitrogen and oxygen atoms in total. The van der Waals surface area contributed by atoms with Crippen LogP contribution in [0.1, 0.15) is 16.7 Å². The molecule has 0 aliphatic heterocycles. The largest absolute Gasteiger partial charge is 0.310 e. The van der Waals surface area contributed by atoms with Crippen molar-refractivity contribution in [1.82, 2.24) is 4.57 Å². The molecule has 0 fully saturated rings. The summed E-state index contributed by atoms with van der Waals surface area (Å²) in [5.41, 5.74) is 18.1. The highest BCUT2D eigenvalue weighted by Gasteiger charge is 2.17. The molecule has 11 aromatic rings. The number of aromatic nitrogens is 1. The molecule has 1 aromatic heterocycles. The molecule has 11 rings (SSSR count). The van der Waals surface area contributed by atoms with Crippen molar-refractivity contribution in [2.24, 2.45) is 0 Å². The molecule has 0 atom stereocenters. The first-order chi connectivity index (χ1) is 31.0. The zero-order chi connectivity index (χ0) is 42.7. The van der Waals surface area contributed by atoms with Crippen LogP contribution in [0.2, 0.25) is 0 Å². The molecule has 0 bridgehead atoms. The summed E-state index contributed by atoms with van der Waals surface area (Å²) in [6.07, 6.45) is 0. The van der Waals surface area contributed by atoms with Gasteiger partial charge in [-0.05, 0) is 142 Å². The second-order valence-electron chi connectivity index (χ2n) is 16.3. The van der Waals surface area contributed by atoms with E-state index in [1.807, 2.05) is 0 Å². The van der Waals surface area contributed by atoms with Crippen LogP contribution < -0.4 is 4.90 Å². The summed E-state index contributed by atoms with van der Waals surface area (Å²) < 4.78 is 2.37. The van der Waals surface area contributed by atoms with Crippen LogP contribution in [0.15, 0.2) is 237 Å². The van der Waals surface area contributed by atoms with Gasteiger partial charge in [-0.3, -0.25) is 0 Å². The van der Waals surface area contributed by atoms with Crippen LogP contribution in [-0.4, -0.2) is 4.57 Å². The predicted molar refractivity (Wildman–Crippen MR) is 270 cm³/mol. The summed E-state index contributed by atoms with van der Waals surface area (Å²) in [5, 5.41) is 5.23. The van der Waals surface area contributed by atoms with Crippen LogP contribution >= 0.6 is 0 Å². The Hall–Kier alpha value is -7.94. The Morgan fingerprint density at radius 3 is 1.49 bits per heavy atom. The Morgan fingerprint density at radius 1 is 0.302 bits per heavy atom. The average Bonchev–Trinajstić information content (AvgIpc) is 3.67. The Kier molecular flexibility index (Phi) is 10.7. The van der Waals surface area contributed by atoms with Crippen molar-refractivity contribution in [3.63, 3.8) is 0 Å². The lowest BCUT2D eigenvalue weighted by molar-refractivity contribution is 1.18. The molecule has 10 aromatic carbocycles. The Morgan fingerprint density at radius 2 is 0.794 bits per heavy atom. The zero-order valence-electron chi connectivity index (χ0n) is 35.9. The van der Waals surface area contributed by atoms with Gasteiger partial charge < -0.3 is 9.47 Å². The van der Waals surface area contributed by atoms with Crippen LogP contribution in [0.4, 0.5) is 17.1 Å². The molecular weight excluding hydrogens is 761 g/mol. The topological polar surface area (TPSA) is 8.17 Å². The third kappa shape index (κ3) is 7.80. The molecule has 0 radical (unpaired) electrons. The van der Waals surface area contributed by atoms with Gasteiger partial charge in [-0.2, -0.15) is 0 Å². The standard InChI is InChI=1S/C50H38N2.C11H10/c1-35-13-6-7-18-45(35)46-32-31-44(33-36(46)2)51(41-27-23-38(24-28-41)37-14-4-3-5-15-37)43-17-12-16-40(34-43)39-25-29-42(30-26-39)52-49-21-10-8-19-47(49)48-20-9-11-22-50(48)52;1-9-5-4-7-10-6-2-3-8-11(9)10/h3-34H,1-2H3;2-8H,1H3. The van der Waals surface area contributed by atoms with Gasteiger partial charge in [0.1, 0.15) is 0 Å². The Labute approximate surface area is 370 Å². The Balaban J connectivity index is 0.000000372. The number of nitrogens with zero attached hydrogens (tertiary/aromatic N) is 2. The van der Waals surface area contributed by atoms with E-state index in [-0.39, 0.29) is 0 Å². The minimum atomic E-state index is 1.11. The predicted octanol–water partition coefficient (Wildman–Crippen LogP) is 17.0. The summed E-state index contributed by atoms with van der Waals surface area (Å²) in [7, 11) is 0. The highest BCUT2D eigenvalue weighted by molar-refractivity contribution is 6.09. The summed E-state index contributed by atoms with van der Waals surface area (Å²) >= 11 is 0. The van der Waals surface area contributed by atoms with Crippen LogP contribution in [-0.2, 0) is 0 Å². The normalized spacial score (nSPS) is 11.1. The van der Waals surface area contributed by atoms with Crippen molar-refractivity contribution in [2.45, 2.75) is 20.8 Å². The smallest absolute Gasteiger partial charge is 0.0541 e. The van der Waals surface area contributed by atoms with E-state index in [0.717, 1.165) is 22.7 Å². The molecular formula is C61H48N2. The molecule has 0 spiro atoms. The minimum Gasteiger partial charge on any atom is -0.310 e. The molecule has 0 aliphatic carbocycles. The zero-order valence-corrected chi connectivity index (χ0v) is 35.9. The summed E-state index contributed by atoms with van der Waals surface area (Å²) in [6.45, 7) is 6.55. The highest BCUT2D eigenvalue weighted by Crippen LogP contribution is 2.40. The molecule has 2 heteroatoms. The van der Waals surface area contributed by atoms with Gasteiger partial charge in [0.2, 0.25) is 0 Å². The van der Waals surface area contributed by atoms with Crippen LogP contribution in [0.25, 0.3) is 71.6 Å². The summed E-state index contributed by atoms with van der Waals surface area (Å²) in [6, 6.07) is 85.0. The van der Waals surface area contributed by atoms with E-state index >= 15 is 0 Å². The van der Waals surface area contributed by atoms with Crippen molar-refractivity contribution in [3.8, 4) is 39.1 Å². The fraction of sp³-hybridized carbons (Fsp3) is 0.0492. The van der Waals surface area contributed by atoms with Gasteiger partial charge in [0.05, 0.1) is 11.0 Å². The lowest BCUT2D eigenvalue weighted by atomic mass is 9.96. The van der Waals surface area contributed by atoms with E-state index in [1.54, 1.807) is 0 Å². The van der Waals surface area contributed by atoms with Crippen molar-refractivity contribution >= 4 is 49.6 Å².